The second-order valence-electron chi connectivity index (χ2n) is 7.13. The van der Waals surface area contributed by atoms with Crippen LogP contribution in [-0.2, 0) is 27.8 Å². The predicted octanol–water partition coefficient (Wildman–Crippen LogP) is 2.89. The third kappa shape index (κ3) is 4.12. The van der Waals surface area contributed by atoms with Crippen molar-refractivity contribution in [3.8, 4) is 0 Å². The molecule has 1 fully saturated rings. The zero-order valence-corrected chi connectivity index (χ0v) is 18.6. The van der Waals surface area contributed by atoms with Crippen LogP contribution in [0.2, 0.25) is 4.34 Å². The Morgan fingerprint density at radius 3 is 2.89 bits per heavy atom. The Kier molecular flexibility index (Phi) is 5.78. The number of piperidine rings is 1. The number of halogens is 1. The number of hydrogen-bond acceptors (Lipinski definition) is 7. The normalized spacial score (nSPS) is 21.4. The maximum Gasteiger partial charge on any atom is 0.252 e. The zero-order chi connectivity index (χ0) is 19.9. The van der Waals surface area contributed by atoms with Gasteiger partial charge >= 0.3 is 0 Å². The summed E-state index contributed by atoms with van der Waals surface area (Å²) in [6, 6.07) is 3.10. The summed E-state index contributed by atoms with van der Waals surface area (Å²) >= 11 is 8.44. The van der Waals surface area contributed by atoms with E-state index in [4.69, 9.17) is 11.6 Å². The minimum Gasteiger partial charge on any atom is -0.302 e. The second-order valence-corrected chi connectivity index (χ2v) is 12.1. The van der Waals surface area contributed by atoms with Crippen LogP contribution in [0.15, 0.2) is 16.3 Å². The number of amides is 1. The number of nitrogens with one attached hydrogen (secondary N) is 1. The summed E-state index contributed by atoms with van der Waals surface area (Å²) in [7, 11) is -1.55. The molecule has 0 spiro atoms. The van der Waals surface area contributed by atoms with Gasteiger partial charge in [-0.25, -0.2) is 13.4 Å². The maximum atomic E-state index is 12.8. The number of anilines is 1. The summed E-state index contributed by atoms with van der Waals surface area (Å²) in [4.78, 5) is 20.7. The number of thiazole rings is 1. The number of rotatable bonds is 4. The van der Waals surface area contributed by atoms with Crippen molar-refractivity contribution in [2.45, 2.75) is 30.0 Å². The average Bonchev–Trinajstić information content (AvgIpc) is 3.27. The average molecular weight is 461 g/mol. The fraction of sp³-hybridized carbons (Fsp3) is 0.529. The monoisotopic (exact) mass is 460 g/mol. The molecule has 0 saturated carbocycles. The van der Waals surface area contributed by atoms with Crippen molar-refractivity contribution >= 4 is 55.3 Å². The van der Waals surface area contributed by atoms with Gasteiger partial charge in [-0.05, 0) is 32.0 Å². The molecule has 1 amide bonds. The quantitative estimate of drug-likeness (QED) is 0.758. The topological polar surface area (TPSA) is 82.6 Å². The molecule has 4 rings (SSSR count). The van der Waals surface area contributed by atoms with Crippen LogP contribution in [0.3, 0.4) is 0 Å². The van der Waals surface area contributed by atoms with Crippen LogP contribution in [0.1, 0.15) is 23.4 Å². The molecule has 0 aliphatic carbocycles. The van der Waals surface area contributed by atoms with Gasteiger partial charge in [-0.15, -0.1) is 22.7 Å². The number of fused-ring (bicyclic) bond motifs is 1. The van der Waals surface area contributed by atoms with Crippen LogP contribution < -0.4 is 5.32 Å². The van der Waals surface area contributed by atoms with Crippen LogP contribution in [0, 0.1) is 5.92 Å². The molecule has 2 aliphatic rings. The van der Waals surface area contributed by atoms with E-state index in [1.54, 1.807) is 6.07 Å². The molecule has 4 heterocycles. The number of likely N-dealkylation sites (N-methyl/N-ethyl adjacent to an activating group) is 1. The summed E-state index contributed by atoms with van der Waals surface area (Å²) in [5, 5.41) is 3.52. The second kappa shape index (κ2) is 8.00. The van der Waals surface area contributed by atoms with Gasteiger partial charge in [0.15, 0.2) is 5.13 Å². The van der Waals surface area contributed by atoms with Gasteiger partial charge in [0.2, 0.25) is 5.91 Å². The smallest absolute Gasteiger partial charge is 0.252 e. The first-order valence-corrected chi connectivity index (χ1v) is 12.5. The van der Waals surface area contributed by atoms with E-state index in [0.717, 1.165) is 36.5 Å². The van der Waals surface area contributed by atoms with Gasteiger partial charge in [0.05, 0.1) is 15.9 Å². The van der Waals surface area contributed by atoms with Crippen molar-refractivity contribution < 1.29 is 13.2 Å². The summed E-state index contributed by atoms with van der Waals surface area (Å²) in [5.74, 6) is -0.550. The number of carbonyl (C=O) groups is 1. The highest BCUT2D eigenvalue weighted by molar-refractivity contribution is 7.91. The highest BCUT2D eigenvalue weighted by atomic mass is 35.5. The zero-order valence-electron chi connectivity index (χ0n) is 15.4. The van der Waals surface area contributed by atoms with Crippen LogP contribution in [-0.4, -0.2) is 55.2 Å². The molecule has 1 N–H and O–H groups in total. The minimum atomic E-state index is -3.62. The van der Waals surface area contributed by atoms with Gasteiger partial charge in [-0.1, -0.05) is 11.6 Å². The third-order valence-corrected chi connectivity index (χ3v) is 9.61. The maximum absolute atomic E-state index is 12.8. The first-order chi connectivity index (χ1) is 13.3. The number of nitrogens with zero attached hydrogens (tertiary/aromatic N) is 3. The molecular weight excluding hydrogens is 440 g/mol. The Balaban J connectivity index is 1.44. The Labute approximate surface area is 177 Å². The SMILES string of the molecule is CN1CCc2nc(NC(=O)C3CCCN(S(=O)(=O)c4ccc(Cl)s4)C3)sc2C1. The third-order valence-electron chi connectivity index (χ3n) is 5.05. The molecule has 2 aromatic heterocycles. The van der Waals surface area contributed by atoms with Gasteiger partial charge in [0.1, 0.15) is 4.21 Å². The van der Waals surface area contributed by atoms with Crippen LogP contribution in [0.5, 0.6) is 0 Å². The Morgan fingerprint density at radius 2 is 2.14 bits per heavy atom. The van der Waals surface area contributed by atoms with Crippen molar-refractivity contribution in [1.29, 1.82) is 0 Å². The number of aromatic nitrogens is 1. The number of carbonyl (C=O) groups excluding carboxylic acids is 1. The van der Waals surface area contributed by atoms with Crippen LogP contribution in [0.25, 0.3) is 0 Å². The summed E-state index contributed by atoms with van der Waals surface area (Å²) in [6.07, 6.45) is 2.20. The van der Waals surface area contributed by atoms with Crippen molar-refractivity contribution in [3.05, 3.63) is 27.0 Å². The van der Waals surface area contributed by atoms with E-state index < -0.39 is 10.0 Å². The first-order valence-electron chi connectivity index (χ1n) is 9.06. The van der Waals surface area contributed by atoms with Crippen molar-refractivity contribution in [2.24, 2.45) is 5.92 Å². The van der Waals surface area contributed by atoms with E-state index in [2.05, 4.69) is 22.2 Å². The summed E-state index contributed by atoms with van der Waals surface area (Å²) in [5.41, 5.74) is 1.06. The molecule has 1 saturated heterocycles. The Hall–Kier alpha value is -1.04. The standard InChI is InChI=1S/C17H21ClN4O3S3/c1-21-8-6-12-13(10-21)26-17(19-12)20-16(23)11-3-2-7-22(9-11)28(24,25)15-5-4-14(18)27-15/h4-5,11H,2-3,6-10H2,1H3,(H,19,20,23). The summed E-state index contributed by atoms with van der Waals surface area (Å²) < 4.78 is 27.7. The van der Waals surface area contributed by atoms with Gasteiger partial charge in [-0.3, -0.25) is 4.79 Å². The molecule has 0 bridgehead atoms. The highest BCUT2D eigenvalue weighted by Gasteiger charge is 2.34. The fourth-order valence-electron chi connectivity index (χ4n) is 3.52. The summed E-state index contributed by atoms with van der Waals surface area (Å²) in [6.45, 7) is 2.41. The number of thiophene rings is 1. The first kappa shape index (κ1) is 20.2. The molecule has 152 valence electrons. The lowest BCUT2D eigenvalue weighted by molar-refractivity contribution is -0.120. The van der Waals surface area contributed by atoms with Crippen molar-refractivity contribution in [1.82, 2.24) is 14.2 Å². The Morgan fingerprint density at radius 1 is 1.32 bits per heavy atom. The molecule has 1 atom stereocenters. The van der Waals surface area contributed by atoms with E-state index in [9.17, 15) is 13.2 Å². The van der Waals surface area contributed by atoms with Crippen molar-refractivity contribution in [2.75, 3.05) is 32.0 Å². The molecular formula is C17H21ClN4O3S3. The van der Waals surface area contributed by atoms with E-state index in [1.165, 1.54) is 26.6 Å². The van der Waals surface area contributed by atoms with Crippen LogP contribution in [0.4, 0.5) is 5.13 Å². The van der Waals surface area contributed by atoms with E-state index in [-0.39, 0.29) is 22.6 Å². The van der Waals surface area contributed by atoms with Gasteiger partial charge in [0.25, 0.3) is 10.0 Å². The predicted molar refractivity (Wildman–Crippen MR) is 112 cm³/mol. The molecule has 28 heavy (non-hydrogen) atoms. The molecule has 1 unspecified atom stereocenters. The lowest BCUT2D eigenvalue weighted by Crippen LogP contribution is -2.43. The molecule has 2 aliphatic heterocycles. The lowest BCUT2D eigenvalue weighted by atomic mass is 9.99. The van der Waals surface area contributed by atoms with Crippen molar-refractivity contribution in [3.63, 3.8) is 0 Å². The number of sulfonamides is 1. The largest absolute Gasteiger partial charge is 0.302 e. The molecule has 0 aromatic carbocycles. The molecule has 0 radical (unpaired) electrons. The van der Waals surface area contributed by atoms with Gasteiger partial charge in [0, 0.05) is 37.5 Å². The molecule has 2 aromatic rings. The van der Waals surface area contributed by atoms with Gasteiger partial charge in [-0.2, -0.15) is 4.31 Å². The lowest BCUT2D eigenvalue weighted by Gasteiger charge is -2.30. The number of hydrogen-bond donors (Lipinski definition) is 1. The van der Waals surface area contributed by atoms with E-state index >= 15 is 0 Å². The van der Waals surface area contributed by atoms with E-state index in [1.807, 2.05) is 0 Å². The van der Waals surface area contributed by atoms with Gasteiger partial charge < -0.3 is 10.2 Å². The minimum absolute atomic E-state index is 0.163. The molecule has 11 heteroatoms. The highest BCUT2D eigenvalue weighted by Crippen LogP contribution is 2.32. The van der Waals surface area contributed by atoms with Crippen LogP contribution >= 0.6 is 34.3 Å². The molecule has 7 nitrogen and oxygen atoms in total. The fourth-order valence-corrected chi connectivity index (χ4v) is 7.77. The van der Waals surface area contributed by atoms with E-state index in [0.29, 0.717) is 28.9 Å². The Bertz CT molecular complexity index is 988.